The number of hydrogen-bond acceptors (Lipinski definition) is 5. The molecular weight excluding hydrogens is 246 g/mol. The van der Waals surface area contributed by atoms with Crippen LogP contribution >= 0.6 is 0 Å². The highest BCUT2D eigenvalue weighted by Crippen LogP contribution is 2.29. The fourth-order valence-electron chi connectivity index (χ4n) is 2.40. The molecule has 1 aromatic carbocycles. The van der Waals surface area contributed by atoms with Crippen LogP contribution in [-0.2, 0) is 14.3 Å². The highest BCUT2D eigenvalue weighted by atomic mass is 16.6. The van der Waals surface area contributed by atoms with E-state index in [9.17, 15) is 9.90 Å². The van der Waals surface area contributed by atoms with E-state index in [4.69, 9.17) is 9.47 Å². The van der Waals surface area contributed by atoms with E-state index >= 15 is 0 Å². The van der Waals surface area contributed by atoms with Crippen molar-refractivity contribution >= 4 is 5.97 Å². The number of ether oxygens (including phenoxy) is 2. The summed E-state index contributed by atoms with van der Waals surface area (Å²) in [6, 6.07) is 9.59. The molecule has 5 heteroatoms. The van der Waals surface area contributed by atoms with Crippen molar-refractivity contribution in [1.82, 2.24) is 5.32 Å². The molecule has 19 heavy (non-hydrogen) atoms. The van der Waals surface area contributed by atoms with Gasteiger partial charge in [-0.3, -0.25) is 5.32 Å². The number of aliphatic hydroxyl groups excluding tert-OH is 1. The first-order chi connectivity index (χ1) is 9.22. The largest absolute Gasteiger partial charge is 0.466 e. The Balaban J connectivity index is 2.18. The number of methoxy groups -OCH3 is 1. The van der Waals surface area contributed by atoms with Gasteiger partial charge in [-0.25, -0.2) is 4.79 Å². The maximum atomic E-state index is 11.9. The van der Waals surface area contributed by atoms with Crippen LogP contribution in [-0.4, -0.2) is 43.7 Å². The van der Waals surface area contributed by atoms with Crippen LogP contribution in [0.4, 0.5) is 0 Å². The Hall–Kier alpha value is -1.43. The normalized spacial score (nSPS) is 24.1. The summed E-state index contributed by atoms with van der Waals surface area (Å²) in [4.78, 5) is 11.9. The lowest BCUT2D eigenvalue weighted by Gasteiger charge is -2.29. The smallest absolute Gasteiger partial charge is 0.353 e. The minimum absolute atomic E-state index is 0.0478. The van der Waals surface area contributed by atoms with Gasteiger partial charge in [0.05, 0.1) is 20.3 Å². The van der Waals surface area contributed by atoms with Crippen LogP contribution < -0.4 is 5.32 Å². The van der Waals surface area contributed by atoms with Crippen molar-refractivity contribution < 1.29 is 19.4 Å². The second-order valence-electron chi connectivity index (χ2n) is 4.59. The second kappa shape index (κ2) is 6.14. The number of esters is 1. The molecule has 0 aliphatic carbocycles. The van der Waals surface area contributed by atoms with E-state index in [1.54, 1.807) is 0 Å². The summed E-state index contributed by atoms with van der Waals surface area (Å²) in [5.41, 5.74) is -0.163. The van der Waals surface area contributed by atoms with Crippen LogP contribution in [0.15, 0.2) is 30.3 Å². The molecule has 0 spiro atoms. The summed E-state index contributed by atoms with van der Waals surface area (Å²) in [5.74, 6) is -0.620. The predicted molar refractivity (Wildman–Crippen MR) is 69.6 cm³/mol. The molecule has 0 radical (unpaired) electrons. The number of hydrogen-bond donors (Lipinski definition) is 2. The van der Waals surface area contributed by atoms with Crippen molar-refractivity contribution in [3.63, 3.8) is 0 Å². The summed E-state index contributed by atoms with van der Waals surface area (Å²) in [7, 11) is 1.34. The Morgan fingerprint density at radius 3 is 2.79 bits per heavy atom. The van der Waals surface area contributed by atoms with E-state index in [1.807, 2.05) is 30.3 Å². The van der Waals surface area contributed by atoms with Gasteiger partial charge in [0.25, 0.3) is 0 Å². The van der Waals surface area contributed by atoms with Crippen LogP contribution in [0.5, 0.6) is 0 Å². The van der Waals surface area contributed by atoms with Gasteiger partial charge in [0.1, 0.15) is 0 Å². The van der Waals surface area contributed by atoms with Crippen molar-refractivity contribution in [3.8, 4) is 0 Å². The SMILES string of the molecule is COC(=O)C1(CC(CO)c2ccccc2)NCCO1. The summed E-state index contributed by atoms with van der Waals surface area (Å²) in [6.45, 7) is 1.01. The van der Waals surface area contributed by atoms with E-state index in [0.717, 1.165) is 5.56 Å². The number of aliphatic hydroxyl groups is 1. The molecule has 0 amide bonds. The molecule has 1 fully saturated rings. The predicted octanol–water partition coefficient (Wildman–Crippen LogP) is 0.642. The number of benzene rings is 1. The zero-order valence-corrected chi connectivity index (χ0v) is 11.0. The van der Waals surface area contributed by atoms with Crippen LogP contribution in [0.1, 0.15) is 17.9 Å². The van der Waals surface area contributed by atoms with Crippen LogP contribution in [0.3, 0.4) is 0 Å². The molecule has 1 aliphatic rings. The lowest BCUT2D eigenvalue weighted by atomic mass is 9.91. The number of nitrogens with one attached hydrogen (secondary N) is 1. The average molecular weight is 265 g/mol. The van der Waals surface area contributed by atoms with Crippen molar-refractivity contribution in [1.29, 1.82) is 0 Å². The summed E-state index contributed by atoms with van der Waals surface area (Å²) >= 11 is 0. The van der Waals surface area contributed by atoms with Gasteiger partial charge in [0, 0.05) is 18.9 Å². The zero-order valence-electron chi connectivity index (χ0n) is 11.0. The minimum Gasteiger partial charge on any atom is -0.466 e. The lowest BCUT2D eigenvalue weighted by molar-refractivity contribution is -0.168. The molecule has 1 saturated heterocycles. The van der Waals surface area contributed by atoms with Crippen molar-refractivity contribution in [2.75, 3.05) is 26.9 Å². The number of carbonyl (C=O) groups excluding carboxylic acids is 1. The first-order valence-electron chi connectivity index (χ1n) is 6.35. The molecule has 2 N–H and O–H groups in total. The third-order valence-corrected chi connectivity index (χ3v) is 3.40. The standard InChI is InChI=1S/C14H19NO4/c1-18-13(17)14(15-7-8-19-14)9-12(10-16)11-5-3-2-4-6-11/h2-6,12,15-16H,7-10H2,1H3. The van der Waals surface area contributed by atoms with Gasteiger partial charge in [-0.05, 0) is 5.56 Å². The maximum Gasteiger partial charge on any atom is 0.353 e. The fourth-order valence-corrected chi connectivity index (χ4v) is 2.40. The zero-order chi connectivity index (χ0) is 13.7. The quantitative estimate of drug-likeness (QED) is 0.765. The molecule has 2 unspecified atom stereocenters. The summed E-state index contributed by atoms with van der Waals surface area (Å²) in [6.07, 6.45) is 0.347. The highest BCUT2D eigenvalue weighted by molar-refractivity contribution is 5.79. The molecule has 2 rings (SSSR count). The summed E-state index contributed by atoms with van der Waals surface area (Å²) in [5, 5.41) is 12.6. The monoisotopic (exact) mass is 265 g/mol. The molecule has 0 aromatic heterocycles. The van der Waals surface area contributed by atoms with Gasteiger partial charge in [-0.15, -0.1) is 0 Å². The molecule has 0 bridgehead atoms. The topological polar surface area (TPSA) is 67.8 Å². The van der Waals surface area contributed by atoms with Crippen LogP contribution in [0, 0.1) is 0 Å². The molecule has 2 atom stereocenters. The average Bonchev–Trinajstić information content (AvgIpc) is 2.94. The van der Waals surface area contributed by atoms with Gasteiger partial charge < -0.3 is 14.6 Å². The molecular formula is C14H19NO4. The maximum absolute atomic E-state index is 11.9. The number of rotatable bonds is 5. The molecule has 5 nitrogen and oxygen atoms in total. The van der Waals surface area contributed by atoms with E-state index in [1.165, 1.54) is 7.11 Å². The van der Waals surface area contributed by atoms with Gasteiger partial charge in [-0.1, -0.05) is 30.3 Å². The van der Waals surface area contributed by atoms with Gasteiger partial charge in [0.2, 0.25) is 5.72 Å². The minimum atomic E-state index is -1.14. The molecule has 0 saturated carbocycles. The summed E-state index contributed by atoms with van der Waals surface area (Å²) < 4.78 is 10.4. The van der Waals surface area contributed by atoms with Crippen LogP contribution in [0.2, 0.25) is 0 Å². The Bertz CT molecular complexity index is 415. The highest BCUT2D eigenvalue weighted by Gasteiger charge is 2.45. The van der Waals surface area contributed by atoms with Gasteiger partial charge in [0.15, 0.2) is 0 Å². The first-order valence-corrected chi connectivity index (χ1v) is 6.35. The van der Waals surface area contributed by atoms with E-state index in [-0.39, 0.29) is 12.5 Å². The van der Waals surface area contributed by atoms with Crippen molar-refractivity contribution in [3.05, 3.63) is 35.9 Å². The van der Waals surface area contributed by atoms with Crippen molar-refractivity contribution in [2.45, 2.75) is 18.1 Å². The third kappa shape index (κ3) is 2.94. The third-order valence-electron chi connectivity index (χ3n) is 3.40. The van der Waals surface area contributed by atoms with Crippen molar-refractivity contribution in [2.24, 2.45) is 0 Å². The van der Waals surface area contributed by atoms with Crippen LogP contribution in [0.25, 0.3) is 0 Å². The molecule has 1 aromatic rings. The fraction of sp³-hybridized carbons (Fsp3) is 0.500. The Morgan fingerprint density at radius 1 is 1.53 bits per heavy atom. The van der Waals surface area contributed by atoms with Gasteiger partial charge in [-0.2, -0.15) is 0 Å². The first kappa shape index (κ1) is 14.0. The number of carbonyl (C=O) groups is 1. The van der Waals surface area contributed by atoms with E-state index in [0.29, 0.717) is 19.6 Å². The lowest BCUT2D eigenvalue weighted by Crippen LogP contribution is -2.51. The molecule has 104 valence electrons. The molecule has 1 aliphatic heterocycles. The Kier molecular flexibility index (Phi) is 4.52. The Morgan fingerprint density at radius 2 is 2.26 bits per heavy atom. The second-order valence-corrected chi connectivity index (χ2v) is 4.59. The molecule has 1 heterocycles. The van der Waals surface area contributed by atoms with E-state index in [2.05, 4.69) is 5.32 Å². The van der Waals surface area contributed by atoms with Gasteiger partial charge >= 0.3 is 5.97 Å². The Labute approximate surface area is 112 Å². The van der Waals surface area contributed by atoms with E-state index < -0.39 is 11.7 Å².